The number of piperidine rings is 1. The minimum absolute atomic E-state index is 0.00729. The molecule has 1 aliphatic heterocycles. The first-order valence-corrected chi connectivity index (χ1v) is 7.03. The van der Waals surface area contributed by atoms with Gasteiger partial charge in [-0.05, 0) is 32.6 Å². The molecule has 0 radical (unpaired) electrons. The first-order valence-electron chi connectivity index (χ1n) is 7.03. The number of likely N-dealkylation sites (tertiary alicyclic amines) is 1. The van der Waals surface area contributed by atoms with Crippen LogP contribution < -0.4 is 0 Å². The number of ether oxygens (including phenoxy) is 1. The topological polar surface area (TPSA) is 66.8 Å². The van der Waals surface area contributed by atoms with Crippen LogP contribution in [0.25, 0.3) is 0 Å². The average Bonchev–Trinajstić information content (AvgIpc) is 2.87. The summed E-state index contributed by atoms with van der Waals surface area (Å²) in [5, 5.41) is 9.18. The molecule has 1 saturated carbocycles. The molecule has 2 aliphatic rings. The Balaban J connectivity index is 2.05. The van der Waals surface area contributed by atoms with Crippen LogP contribution in [-0.4, -0.2) is 47.7 Å². The molecule has 2 rings (SSSR count). The molecule has 3 atom stereocenters. The lowest BCUT2D eigenvalue weighted by atomic mass is 9.90. The van der Waals surface area contributed by atoms with Gasteiger partial charge in [0.15, 0.2) is 0 Å². The molecule has 5 heteroatoms. The standard InChI is InChI=1S/C14H23NO4/c1-14(19-2)7-4-8-15(9-14)12(16)10-5-3-6-11(10)13(17)18/h10-11H,3-9H2,1-2H3,(H,17,18)/t10-,11+,14?/m1/s1. The van der Waals surface area contributed by atoms with Crippen LogP contribution in [0.2, 0.25) is 0 Å². The summed E-state index contributed by atoms with van der Waals surface area (Å²) in [5.41, 5.74) is -0.286. The lowest BCUT2D eigenvalue weighted by molar-refractivity contribution is -0.152. The molecule has 19 heavy (non-hydrogen) atoms. The van der Waals surface area contributed by atoms with E-state index < -0.39 is 11.9 Å². The lowest BCUT2D eigenvalue weighted by Gasteiger charge is -2.40. The number of aliphatic carboxylic acids is 1. The molecule has 0 aromatic heterocycles. The predicted molar refractivity (Wildman–Crippen MR) is 69.7 cm³/mol. The van der Waals surface area contributed by atoms with Gasteiger partial charge in [0.05, 0.1) is 17.4 Å². The number of rotatable bonds is 3. The Morgan fingerprint density at radius 3 is 2.58 bits per heavy atom. The SMILES string of the molecule is COC1(C)CCCN(C(=O)[C@@H]2CCC[C@@H]2C(=O)O)C1. The van der Waals surface area contributed by atoms with Crippen LogP contribution in [0.3, 0.4) is 0 Å². The van der Waals surface area contributed by atoms with Gasteiger partial charge in [0.2, 0.25) is 5.91 Å². The van der Waals surface area contributed by atoms with E-state index in [4.69, 9.17) is 4.74 Å². The minimum atomic E-state index is -0.831. The van der Waals surface area contributed by atoms with Crippen molar-refractivity contribution in [2.45, 2.75) is 44.6 Å². The minimum Gasteiger partial charge on any atom is -0.481 e. The third-order valence-corrected chi connectivity index (χ3v) is 4.61. The second-order valence-electron chi connectivity index (χ2n) is 6.00. The monoisotopic (exact) mass is 269 g/mol. The fourth-order valence-electron chi connectivity index (χ4n) is 3.35. The fourth-order valence-corrected chi connectivity index (χ4v) is 3.35. The largest absolute Gasteiger partial charge is 0.481 e. The Bertz CT molecular complexity index is 370. The number of methoxy groups -OCH3 is 1. The van der Waals surface area contributed by atoms with E-state index in [0.717, 1.165) is 25.8 Å². The highest BCUT2D eigenvalue weighted by Crippen LogP contribution is 2.35. The highest BCUT2D eigenvalue weighted by atomic mass is 16.5. The van der Waals surface area contributed by atoms with Crippen molar-refractivity contribution in [1.82, 2.24) is 4.90 Å². The average molecular weight is 269 g/mol. The summed E-state index contributed by atoms with van der Waals surface area (Å²) in [6.07, 6.45) is 4.03. The Labute approximate surface area is 113 Å². The van der Waals surface area contributed by atoms with E-state index in [2.05, 4.69) is 0 Å². The molecule has 0 spiro atoms. The zero-order valence-corrected chi connectivity index (χ0v) is 11.7. The smallest absolute Gasteiger partial charge is 0.307 e. The highest BCUT2D eigenvalue weighted by molar-refractivity contribution is 5.85. The fraction of sp³-hybridized carbons (Fsp3) is 0.857. The van der Waals surface area contributed by atoms with Crippen molar-refractivity contribution < 1.29 is 19.4 Å². The number of amides is 1. The van der Waals surface area contributed by atoms with Crippen molar-refractivity contribution in [3.63, 3.8) is 0 Å². The summed E-state index contributed by atoms with van der Waals surface area (Å²) in [6.45, 7) is 3.31. The van der Waals surface area contributed by atoms with E-state index in [-0.39, 0.29) is 17.4 Å². The van der Waals surface area contributed by atoms with Gasteiger partial charge in [-0.1, -0.05) is 6.42 Å². The molecule has 2 fully saturated rings. The van der Waals surface area contributed by atoms with Crippen molar-refractivity contribution in [2.24, 2.45) is 11.8 Å². The first kappa shape index (κ1) is 14.3. The normalized spacial score (nSPS) is 35.4. The molecular weight excluding hydrogens is 246 g/mol. The van der Waals surface area contributed by atoms with Crippen LogP contribution in [0.1, 0.15) is 39.0 Å². The van der Waals surface area contributed by atoms with E-state index >= 15 is 0 Å². The quantitative estimate of drug-likeness (QED) is 0.843. The molecule has 1 amide bonds. The number of carbonyl (C=O) groups excluding carboxylic acids is 1. The van der Waals surface area contributed by atoms with Gasteiger partial charge in [0, 0.05) is 20.2 Å². The summed E-state index contributed by atoms with van der Waals surface area (Å²) in [5.74, 6) is -1.66. The third kappa shape index (κ3) is 2.91. The third-order valence-electron chi connectivity index (χ3n) is 4.61. The predicted octanol–water partition coefficient (Wildman–Crippen LogP) is 1.51. The zero-order chi connectivity index (χ0) is 14.0. The number of carboxylic acid groups (broad SMARTS) is 1. The summed E-state index contributed by atoms with van der Waals surface area (Å²) in [7, 11) is 1.67. The Hall–Kier alpha value is -1.10. The molecule has 1 saturated heterocycles. The molecule has 0 aromatic rings. The highest BCUT2D eigenvalue weighted by Gasteiger charge is 2.42. The van der Waals surface area contributed by atoms with Gasteiger partial charge in [0.25, 0.3) is 0 Å². The maximum absolute atomic E-state index is 12.5. The first-order chi connectivity index (χ1) is 8.97. The van der Waals surface area contributed by atoms with E-state index in [9.17, 15) is 14.7 Å². The van der Waals surface area contributed by atoms with Crippen molar-refractivity contribution in [1.29, 1.82) is 0 Å². The molecule has 1 unspecified atom stereocenters. The van der Waals surface area contributed by atoms with Gasteiger partial charge >= 0.3 is 5.97 Å². The second kappa shape index (κ2) is 5.49. The summed E-state index contributed by atoms with van der Waals surface area (Å²) < 4.78 is 5.49. The number of carbonyl (C=O) groups is 2. The van der Waals surface area contributed by atoms with E-state index in [0.29, 0.717) is 19.4 Å². The van der Waals surface area contributed by atoms with Crippen LogP contribution >= 0.6 is 0 Å². The number of hydrogen-bond donors (Lipinski definition) is 1. The van der Waals surface area contributed by atoms with Gasteiger partial charge in [0.1, 0.15) is 0 Å². The molecule has 1 aliphatic carbocycles. The molecule has 5 nitrogen and oxygen atoms in total. The van der Waals surface area contributed by atoms with Gasteiger partial charge in [-0.25, -0.2) is 0 Å². The van der Waals surface area contributed by atoms with Crippen LogP contribution in [0.15, 0.2) is 0 Å². The Morgan fingerprint density at radius 1 is 1.26 bits per heavy atom. The Morgan fingerprint density at radius 2 is 1.95 bits per heavy atom. The summed E-state index contributed by atoms with van der Waals surface area (Å²) in [4.78, 5) is 25.5. The molecule has 0 aromatic carbocycles. The second-order valence-corrected chi connectivity index (χ2v) is 6.00. The van der Waals surface area contributed by atoms with Crippen molar-refractivity contribution >= 4 is 11.9 Å². The number of nitrogens with zero attached hydrogens (tertiary/aromatic N) is 1. The number of hydrogen-bond acceptors (Lipinski definition) is 3. The summed E-state index contributed by atoms with van der Waals surface area (Å²) in [6, 6.07) is 0. The van der Waals surface area contributed by atoms with Gasteiger partial charge in [-0.2, -0.15) is 0 Å². The van der Waals surface area contributed by atoms with Crippen LogP contribution in [0.4, 0.5) is 0 Å². The maximum Gasteiger partial charge on any atom is 0.307 e. The Kier molecular flexibility index (Phi) is 4.13. The molecule has 1 heterocycles. The van der Waals surface area contributed by atoms with Crippen LogP contribution in [0, 0.1) is 11.8 Å². The molecule has 0 bridgehead atoms. The number of carboxylic acids is 1. The van der Waals surface area contributed by atoms with Gasteiger partial charge in [-0.15, -0.1) is 0 Å². The maximum atomic E-state index is 12.5. The van der Waals surface area contributed by atoms with E-state index in [1.54, 1.807) is 12.0 Å². The van der Waals surface area contributed by atoms with Gasteiger partial charge < -0.3 is 14.7 Å². The van der Waals surface area contributed by atoms with E-state index in [1.165, 1.54) is 0 Å². The van der Waals surface area contributed by atoms with Gasteiger partial charge in [-0.3, -0.25) is 9.59 Å². The van der Waals surface area contributed by atoms with Crippen molar-refractivity contribution in [3.05, 3.63) is 0 Å². The van der Waals surface area contributed by atoms with Crippen LogP contribution in [-0.2, 0) is 14.3 Å². The summed E-state index contributed by atoms with van der Waals surface area (Å²) >= 11 is 0. The van der Waals surface area contributed by atoms with Crippen molar-refractivity contribution in [3.8, 4) is 0 Å². The van der Waals surface area contributed by atoms with Crippen molar-refractivity contribution in [2.75, 3.05) is 20.2 Å². The molecular formula is C14H23NO4. The molecule has 1 N–H and O–H groups in total. The zero-order valence-electron chi connectivity index (χ0n) is 11.7. The lowest BCUT2D eigenvalue weighted by Crippen LogP contribution is -2.51. The van der Waals surface area contributed by atoms with E-state index in [1.807, 2.05) is 6.92 Å². The molecule has 108 valence electrons. The van der Waals surface area contributed by atoms with Crippen LogP contribution in [0.5, 0.6) is 0 Å².